The van der Waals surface area contributed by atoms with Gasteiger partial charge in [-0.3, -0.25) is 4.79 Å². The van der Waals surface area contributed by atoms with Crippen LogP contribution in [0.25, 0.3) is 26.9 Å². The minimum Gasteiger partial charge on any atom is -0.322 e. The molecule has 1 amide bonds. The molecule has 0 aliphatic carbocycles. The molecule has 3 aromatic carbocycles. The Bertz CT molecular complexity index is 1100. The van der Waals surface area contributed by atoms with E-state index in [0.29, 0.717) is 0 Å². The van der Waals surface area contributed by atoms with Gasteiger partial charge in [0.05, 0.1) is 15.9 Å². The summed E-state index contributed by atoms with van der Waals surface area (Å²) in [7, 11) is 0. The molecule has 1 aromatic heterocycles. The van der Waals surface area contributed by atoms with Gasteiger partial charge in [0.2, 0.25) is 5.91 Å². The average Bonchev–Trinajstić information content (AvgIpc) is 3.12. The predicted octanol–water partition coefficient (Wildman–Crippen LogP) is 5.92. The minimum atomic E-state index is -0.162. The Morgan fingerprint density at radius 2 is 1.78 bits per heavy atom. The van der Waals surface area contributed by atoms with E-state index in [1.54, 1.807) is 23.5 Å². The van der Waals surface area contributed by atoms with Gasteiger partial charge in [-0.15, -0.1) is 11.3 Å². The number of nitrogens with one attached hydrogen (secondary N) is 1. The molecule has 0 atom stereocenters. The lowest BCUT2D eigenvalue weighted by atomic mass is 10.1. The number of benzene rings is 3. The highest BCUT2D eigenvalue weighted by molar-refractivity contribution is 7.21. The summed E-state index contributed by atoms with van der Waals surface area (Å²) in [5, 5.41) is 3.90. The van der Waals surface area contributed by atoms with Crippen molar-refractivity contribution in [1.29, 1.82) is 0 Å². The van der Waals surface area contributed by atoms with Crippen LogP contribution in [0.1, 0.15) is 11.1 Å². The second-order valence-electron chi connectivity index (χ2n) is 6.27. The number of hydrogen-bond donors (Lipinski definition) is 1. The van der Waals surface area contributed by atoms with Crippen LogP contribution in [0.5, 0.6) is 0 Å². The van der Waals surface area contributed by atoms with E-state index in [9.17, 15) is 4.79 Å². The first-order valence-electron chi connectivity index (χ1n) is 8.70. The van der Waals surface area contributed by atoms with Gasteiger partial charge in [-0.25, -0.2) is 4.98 Å². The van der Waals surface area contributed by atoms with Crippen molar-refractivity contribution in [3.8, 4) is 10.6 Å². The van der Waals surface area contributed by atoms with E-state index in [0.717, 1.165) is 37.6 Å². The molecule has 4 heteroatoms. The van der Waals surface area contributed by atoms with Gasteiger partial charge in [-0.1, -0.05) is 54.1 Å². The lowest BCUT2D eigenvalue weighted by Gasteiger charge is -2.09. The SMILES string of the molecule is Cc1ccc(NC(=O)C=Cc2ccccc2)c(-c2nc3ccccc3s2)c1. The van der Waals surface area contributed by atoms with Crippen molar-refractivity contribution >= 4 is 39.2 Å². The van der Waals surface area contributed by atoms with E-state index in [2.05, 4.69) is 17.4 Å². The number of carbonyl (C=O) groups excluding carboxylic acids is 1. The van der Waals surface area contributed by atoms with Gasteiger partial charge in [0, 0.05) is 11.6 Å². The summed E-state index contributed by atoms with van der Waals surface area (Å²) in [5.74, 6) is -0.162. The number of anilines is 1. The van der Waals surface area contributed by atoms with Crippen LogP contribution in [0.3, 0.4) is 0 Å². The molecule has 0 bridgehead atoms. The molecule has 1 heterocycles. The summed E-state index contributed by atoms with van der Waals surface area (Å²) in [6.45, 7) is 2.04. The second-order valence-corrected chi connectivity index (χ2v) is 7.30. The van der Waals surface area contributed by atoms with Crippen molar-refractivity contribution in [3.63, 3.8) is 0 Å². The summed E-state index contributed by atoms with van der Waals surface area (Å²) in [4.78, 5) is 17.1. The summed E-state index contributed by atoms with van der Waals surface area (Å²) in [5.41, 5.74) is 4.80. The van der Waals surface area contributed by atoms with Gasteiger partial charge >= 0.3 is 0 Å². The number of amides is 1. The minimum absolute atomic E-state index is 0.162. The normalized spacial score (nSPS) is 11.1. The topological polar surface area (TPSA) is 42.0 Å². The summed E-state index contributed by atoms with van der Waals surface area (Å²) in [6, 6.07) is 23.8. The Morgan fingerprint density at radius 1 is 1.00 bits per heavy atom. The smallest absolute Gasteiger partial charge is 0.248 e. The standard InChI is InChI=1S/C23H18N2OS/c1-16-11-13-19(24-22(26)14-12-17-7-3-2-4-8-17)18(15-16)23-25-20-9-5-6-10-21(20)27-23/h2-15H,1H3,(H,24,26). The molecule has 0 aliphatic heterocycles. The van der Waals surface area contributed by atoms with Gasteiger partial charge < -0.3 is 5.32 Å². The van der Waals surface area contributed by atoms with E-state index >= 15 is 0 Å². The molecule has 0 spiro atoms. The Kier molecular flexibility index (Phi) is 4.81. The number of nitrogens with zero attached hydrogens (tertiary/aromatic N) is 1. The lowest BCUT2D eigenvalue weighted by Crippen LogP contribution is -2.08. The summed E-state index contributed by atoms with van der Waals surface area (Å²) >= 11 is 1.63. The fourth-order valence-electron chi connectivity index (χ4n) is 2.84. The zero-order valence-electron chi connectivity index (χ0n) is 14.8. The molecular formula is C23H18N2OS. The van der Waals surface area contributed by atoms with Gasteiger partial charge in [-0.05, 0) is 42.8 Å². The van der Waals surface area contributed by atoms with Crippen molar-refractivity contribution in [2.75, 3.05) is 5.32 Å². The molecule has 0 saturated carbocycles. The molecule has 0 saturated heterocycles. The molecule has 0 unspecified atom stereocenters. The van der Waals surface area contributed by atoms with Crippen LogP contribution in [0.2, 0.25) is 0 Å². The molecule has 27 heavy (non-hydrogen) atoms. The maximum Gasteiger partial charge on any atom is 0.248 e. The van der Waals surface area contributed by atoms with Gasteiger partial charge in [-0.2, -0.15) is 0 Å². The zero-order chi connectivity index (χ0) is 18.6. The first-order valence-corrected chi connectivity index (χ1v) is 9.51. The van der Waals surface area contributed by atoms with E-state index in [1.165, 1.54) is 0 Å². The fraction of sp³-hybridized carbons (Fsp3) is 0.0435. The molecular weight excluding hydrogens is 352 g/mol. The Morgan fingerprint density at radius 3 is 2.59 bits per heavy atom. The summed E-state index contributed by atoms with van der Waals surface area (Å²) < 4.78 is 1.13. The van der Waals surface area contributed by atoms with E-state index < -0.39 is 0 Å². The van der Waals surface area contributed by atoms with Crippen molar-refractivity contribution in [3.05, 3.63) is 90.0 Å². The maximum absolute atomic E-state index is 12.4. The highest BCUT2D eigenvalue weighted by atomic mass is 32.1. The quantitative estimate of drug-likeness (QED) is 0.453. The van der Waals surface area contributed by atoms with Crippen LogP contribution in [-0.2, 0) is 4.79 Å². The number of para-hydroxylation sites is 1. The third-order valence-electron chi connectivity index (χ3n) is 4.18. The van der Waals surface area contributed by atoms with Crippen LogP contribution in [0, 0.1) is 6.92 Å². The van der Waals surface area contributed by atoms with Crippen LogP contribution in [0.4, 0.5) is 5.69 Å². The van der Waals surface area contributed by atoms with Crippen molar-refractivity contribution in [2.24, 2.45) is 0 Å². The zero-order valence-corrected chi connectivity index (χ0v) is 15.7. The molecule has 0 aliphatic rings. The summed E-state index contributed by atoms with van der Waals surface area (Å²) in [6.07, 6.45) is 3.36. The Labute approximate surface area is 162 Å². The fourth-order valence-corrected chi connectivity index (χ4v) is 3.84. The van der Waals surface area contributed by atoms with Crippen LogP contribution in [0.15, 0.2) is 78.9 Å². The van der Waals surface area contributed by atoms with Gasteiger partial charge in [0.1, 0.15) is 5.01 Å². The van der Waals surface area contributed by atoms with Crippen molar-refractivity contribution in [1.82, 2.24) is 4.98 Å². The molecule has 4 rings (SSSR count). The van der Waals surface area contributed by atoms with Crippen molar-refractivity contribution in [2.45, 2.75) is 6.92 Å². The lowest BCUT2D eigenvalue weighted by molar-refractivity contribution is -0.111. The molecule has 4 aromatic rings. The van der Waals surface area contributed by atoms with Crippen LogP contribution >= 0.6 is 11.3 Å². The molecule has 1 N–H and O–H groups in total. The Hall–Kier alpha value is -3.24. The van der Waals surface area contributed by atoms with Crippen LogP contribution in [-0.4, -0.2) is 10.9 Å². The highest BCUT2D eigenvalue weighted by Crippen LogP contribution is 2.35. The number of rotatable bonds is 4. The number of fused-ring (bicyclic) bond motifs is 1. The molecule has 0 fully saturated rings. The monoisotopic (exact) mass is 370 g/mol. The number of carbonyl (C=O) groups is 1. The highest BCUT2D eigenvalue weighted by Gasteiger charge is 2.12. The first-order chi connectivity index (χ1) is 13.2. The predicted molar refractivity (Wildman–Crippen MR) is 114 cm³/mol. The van der Waals surface area contributed by atoms with Gasteiger partial charge in [0.15, 0.2) is 0 Å². The molecule has 3 nitrogen and oxygen atoms in total. The second kappa shape index (κ2) is 7.56. The molecule has 132 valence electrons. The number of thiazole rings is 1. The van der Waals surface area contributed by atoms with Gasteiger partial charge in [0.25, 0.3) is 0 Å². The maximum atomic E-state index is 12.4. The number of aryl methyl sites for hydroxylation is 1. The van der Waals surface area contributed by atoms with E-state index in [4.69, 9.17) is 4.98 Å². The van der Waals surface area contributed by atoms with E-state index in [1.807, 2.05) is 67.6 Å². The Balaban J connectivity index is 1.63. The average molecular weight is 370 g/mol. The van der Waals surface area contributed by atoms with Crippen molar-refractivity contribution < 1.29 is 4.79 Å². The number of aromatic nitrogens is 1. The van der Waals surface area contributed by atoms with E-state index in [-0.39, 0.29) is 5.91 Å². The third-order valence-corrected chi connectivity index (χ3v) is 5.25. The first kappa shape index (κ1) is 17.2. The largest absolute Gasteiger partial charge is 0.322 e. The number of hydrogen-bond acceptors (Lipinski definition) is 3. The third kappa shape index (κ3) is 3.96. The molecule has 0 radical (unpaired) electrons. The van der Waals surface area contributed by atoms with Crippen LogP contribution < -0.4 is 5.32 Å².